The van der Waals surface area contributed by atoms with Crippen LogP contribution in [0.1, 0.15) is 13.3 Å². The van der Waals surface area contributed by atoms with Crippen molar-refractivity contribution in [1.82, 2.24) is 0 Å². The summed E-state index contributed by atoms with van der Waals surface area (Å²) in [6.07, 6.45) is 0.569. The standard InChI is InChI=1S/C6H13O2/c1-3-6(2,4-7)5-8/h7-8H,1,3-5H2,2H3. The molecule has 0 aromatic carbocycles. The molecule has 0 aliphatic heterocycles. The third kappa shape index (κ3) is 1.80. The number of rotatable bonds is 3. The van der Waals surface area contributed by atoms with Gasteiger partial charge in [-0.25, -0.2) is 0 Å². The highest BCUT2D eigenvalue weighted by molar-refractivity contribution is 4.72. The molecule has 0 saturated heterocycles. The quantitative estimate of drug-likeness (QED) is 0.554. The summed E-state index contributed by atoms with van der Waals surface area (Å²) in [5.41, 5.74) is -0.375. The highest BCUT2D eigenvalue weighted by Gasteiger charge is 2.18. The predicted octanol–water partition coefficient (Wildman–Crippen LogP) is 0.201. The van der Waals surface area contributed by atoms with E-state index in [0.29, 0.717) is 6.42 Å². The third-order valence-corrected chi connectivity index (χ3v) is 1.37. The molecule has 2 N–H and O–H groups in total. The highest BCUT2D eigenvalue weighted by Crippen LogP contribution is 2.17. The lowest BCUT2D eigenvalue weighted by Gasteiger charge is -2.21. The lowest BCUT2D eigenvalue weighted by molar-refractivity contribution is 0.0721. The largest absolute Gasteiger partial charge is 0.396 e. The molecule has 0 aromatic heterocycles. The van der Waals surface area contributed by atoms with Crippen LogP contribution in [0.15, 0.2) is 0 Å². The van der Waals surface area contributed by atoms with Crippen LogP contribution < -0.4 is 0 Å². The van der Waals surface area contributed by atoms with Gasteiger partial charge in [0.15, 0.2) is 0 Å². The number of hydrogen-bond donors (Lipinski definition) is 2. The van der Waals surface area contributed by atoms with E-state index < -0.39 is 0 Å². The Morgan fingerprint density at radius 2 is 1.75 bits per heavy atom. The van der Waals surface area contributed by atoms with Crippen LogP contribution in [0.25, 0.3) is 0 Å². The molecule has 0 unspecified atom stereocenters. The summed E-state index contributed by atoms with van der Waals surface area (Å²) in [6, 6.07) is 0. The van der Waals surface area contributed by atoms with Gasteiger partial charge in [0.05, 0.1) is 13.2 Å². The zero-order valence-electron chi connectivity index (χ0n) is 5.22. The van der Waals surface area contributed by atoms with E-state index in [2.05, 4.69) is 6.92 Å². The number of aliphatic hydroxyl groups excluding tert-OH is 2. The van der Waals surface area contributed by atoms with Gasteiger partial charge >= 0.3 is 0 Å². The Morgan fingerprint density at radius 3 is 1.75 bits per heavy atom. The minimum atomic E-state index is -0.375. The van der Waals surface area contributed by atoms with E-state index in [-0.39, 0.29) is 18.6 Å². The van der Waals surface area contributed by atoms with Crippen LogP contribution in [-0.4, -0.2) is 23.4 Å². The molecule has 0 aliphatic carbocycles. The average molecular weight is 117 g/mol. The van der Waals surface area contributed by atoms with E-state index >= 15 is 0 Å². The summed E-state index contributed by atoms with van der Waals surface area (Å²) in [5.74, 6) is 0. The van der Waals surface area contributed by atoms with Crippen LogP contribution in [0.3, 0.4) is 0 Å². The molecule has 0 fully saturated rings. The van der Waals surface area contributed by atoms with E-state index in [0.717, 1.165) is 0 Å². The monoisotopic (exact) mass is 117 g/mol. The van der Waals surface area contributed by atoms with Crippen molar-refractivity contribution < 1.29 is 10.2 Å². The topological polar surface area (TPSA) is 40.5 Å². The summed E-state index contributed by atoms with van der Waals surface area (Å²) >= 11 is 0. The molecule has 0 heterocycles. The van der Waals surface area contributed by atoms with Gasteiger partial charge in [-0.1, -0.05) is 13.8 Å². The first-order valence-corrected chi connectivity index (χ1v) is 2.69. The fourth-order valence-corrected chi connectivity index (χ4v) is 0.208. The van der Waals surface area contributed by atoms with Crippen LogP contribution in [0.4, 0.5) is 0 Å². The maximum absolute atomic E-state index is 8.59. The lowest BCUT2D eigenvalue weighted by atomic mass is 9.90. The molecule has 0 saturated carbocycles. The van der Waals surface area contributed by atoms with Crippen LogP contribution >= 0.6 is 0 Å². The van der Waals surface area contributed by atoms with Crippen molar-refractivity contribution in [3.8, 4) is 0 Å². The summed E-state index contributed by atoms with van der Waals surface area (Å²) in [6.45, 7) is 5.39. The summed E-state index contributed by atoms with van der Waals surface area (Å²) in [7, 11) is 0. The minimum Gasteiger partial charge on any atom is -0.396 e. The maximum atomic E-state index is 8.59. The van der Waals surface area contributed by atoms with Crippen molar-refractivity contribution in [2.75, 3.05) is 13.2 Å². The molecule has 2 heteroatoms. The molecule has 0 aromatic rings. The highest BCUT2D eigenvalue weighted by atomic mass is 16.3. The molecule has 0 rings (SSSR count). The third-order valence-electron chi connectivity index (χ3n) is 1.37. The maximum Gasteiger partial charge on any atom is 0.0506 e. The van der Waals surface area contributed by atoms with Crippen molar-refractivity contribution in [1.29, 1.82) is 0 Å². The van der Waals surface area contributed by atoms with Crippen LogP contribution in [0, 0.1) is 12.3 Å². The van der Waals surface area contributed by atoms with Gasteiger partial charge in [0.25, 0.3) is 0 Å². The van der Waals surface area contributed by atoms with Gasteiger partial charge in [-0.15, -0.1) is 0 Å². The van der Waals surface area contributed by atoms with Crippen molar-refractivity contribution in [2.45, 2.75) is 13.3 Å². The van der Waals surface area contributed by atoms with Crippen molar-refractivity contribution in [3.05, 3.63) is 6.92 Å². The molecule has 2 nitrogen and oxygen atoms in total. The summed E-state index contributed by atoms with van der Waals surface area (Å²) in [5, 5.41) is 17.2. The molecular formula is C6H13O2. The Bertz CT molecular complexity index is 49.3. The van der Waals surface area contributed by atoms with Crippen molar-refractivity contribution in [2.24, 2.45) is 5.41 Å². The van der Waals surface area contributed by atoms with Gasteiger partial charge in [0, 0.05) is 5.41 Å². The normalized spacial score (nSPS) is 12.0. The van der Waals surface area contributed by atoms with Gasteiger partial charge in [-0.3, -0.25) is 0 Å². The first-order valence-electron chi connectivity index (χ1n) is 2.69. The number of hydrogen-bond acceptors (Lipinski definition) is 2. The second-order valence-electron chi connectivity index (χ2n) is 2.38. The Balaban J connectivity index is 3.58. The van der Waals surface area contributed by atoms with Crippen molar-refractivity contribution in [3.63, 3.8) is 0 Å². The Labute approximate surface area is 50.2 Å². The first kappa shape index (κ1) is 7.92. The first-order chi connectivity index (χ1) is 3.68. The zero-order valence-corrected chi connectivity index (χ0v) is 5.22. The molecule has 49 valence electrons. The molecule has 0 atom stereocenters. The van der Waals surface area contributed by atoms with E-state index in [1.807, 2.05) is 0 Å². The van der Waals surface area contributed by atoms with E-state index in [1.54, 1.807) is 6.92 Å². The van der Waals surface area contributed by atoms with Crippen molar-refractivity contribution >= 4 is 0 Å². The second kappa shape index (κ2) is 3.05. The predicted molar refractivity (Wildman–Crippen MR) is 32.3 cm³/mol. The summed E-state index contributed by atoms with van der Waals surface area (Å²) in [4.78, 5) is 0. The lowest BCUT2D eigenvalue weighted by Crippen LogP contribution is -2.24. The Hall–Kier alpha value is -0.0800. The minimum absolute atomic E-state index is 0.00694. The van der Waals surface area contributed by atoms with Gasteiger partial charge in [-0.2, -0.15) is 0 Å². The van der Waals surface area contributed by atoms with E-state index in [9.17, 15) is 0 Å². The molecule has 0 aliphatic rings. The zero-order chi connectivity index (χ0) is 6.62. The SMILES string of the molecule is [CH2]CC(C)(CO)CO. The van der Waals surface area contributed by atoms with Gasteiger partial charge in [0.1, 0.15) is 0 Å². The molecule has 0 spiro atoms. The Morgan fingerprint density at radius 1 is 1.38 bits per heavy atom. The second-order valence-corrected chi connectivity index (χ2v) is 2.38. The smallest absolute Gasteiger partial charge is 0.0506 e. The van der Waals surface area contributed by atoms with Crippen LogP contribution in [0.5, 0.6) is 0 Å². The van der Waals surface area contributed by atoms with E-state index in [1.165, 1.54) is 0 Å². The fraction of sp³-hybridized carbons (Fsp3) is 0.833. The number of aliphatic hydroxyl groups is 2. The molecule has 8 heavy (non-hydrogen) atoms. The fourth-order valence-electron chi connectivity index (χ4n) is 0.208. The van der Waals surface area contributed by atoms with Gasteiger partial charge < -0.3 is 10.2 Å². The van der Waals surface area contributed by atoms with Gasteiger partial charge in [0.2, 0.25) is 0 Å². The molecule has 1 radical (unpaired) electrons. The summed E-state index contributed by atoms with van der Waals surface area (Å²) < 4.78 is 0. The van der Waals surface area contributed by atoms with Crippen LogP contribution in [-0.2, 0) is 0 Å². The van der Waals surface area contributed by atoms with Gasteiger partial charge in [-0.05, 0) is 6.42 Å². The molecular weight excluding hydrogens is 104 g/mol. The van der Waals surface area contributed by atoms with Crippen LogP contribution in [0.2, 0.25) is 0 Å². The molecule has 0 bridgehead atoms. The Kier molecular flexibility index (Phi) is 3.02. The molecule has 0 amide bonds. The average Bonchev–Trinajstić information content (AvgIpc) is 1.87. The van der Waals surface area contributed by atoms with E-state index in [4.69, 9.17) is 10.2 Å².